The smallest absolute Gasteiger partial charge is 0.279 e. The highest BCUT2D eigenvalue weighted by atomic mass is 16.6. The number of nitrogens with zero attached hydrogens (tertiary/aromatic N) is 2. The number of likely N-dealkylation sites (N-methyl/N-ethyl adjacent to an activating group) is 1. The van der Waals surface area contributed by atoms with E-state index in [2.05, 4.69) is 10.6 Å². The highest BCUT2D eigenvalue weighted by Gasteiger charge is 2.60. The van der Waals surface area contributed by atoms with Crippen LogP contribution in [0.15, 0.2) is 18.2 Å². The fraction of sp³-hybridized carbons (Fsp3) is 0.423. The Balaban J connectivity index is 1.67. The zero-order valence-corrected chi connectivity index (χ0v) is 22.4. The Hall–Kier alpha value is -4.19. The van der Waals surface area contributed by atoms with Gasteiger partial charge in [0.25, 0.3) is 17.5 Å². The molecule has 228 valence electrons. The Kier molecular flexibility index (Phi) is 8.49. The Bertz CT molecular complexity index is 1390. The van der Waals surface area contributed by atoms with Crippen LogP contribution in [-0.4, -0.2) is 120 Å². The van der Waals surface area contributed by atoms with Gasteiger partial charge in [0, 0.05) is 67.7 Å². The number of rotatable bonds is 10. The van der Waals surface area contributed by atoms with E-state index in [9.17, 15) is 55.2 Å². The third kappa shape index (κ3) is 5.26. The van der Waals surface area contributed by atoms with E-state index in [1.54, 1.807) is 0 Å². The maximum absolute atomic E-state index is 13.3. The lowest BCUT2D eigenvalue weighted by Crippen LogP contribution is -2.70. The molecule has 1 saturated heterocycles. The van der Waals surface area contributed by atoms with Crippen LogP contribution < -0.4 is 10.6 Å². The van der Waals surface area contributed by atoms with Crippen LogP contribution in [0.2, 0.25) is 0 Å². The molecule has 1 fully saturated rings. The number of nitrogens with one attached hydrogen (secondary N) is 2. The molecule has 1 unspecified atom stereocenters. The highest BCUT2D eigenvalue weighted by molar-refractivity contribution is 6.03. The molecule has 2 aliphatic rings. The normalized spacial score (nSPS) is 16.7. The lowest BCUT2D eigenvalue weighted by Gasteiger charge is -2.40. The Labute approximate surface area is 238 Å². The predicted octanol–water partition coefficient (Wildman–Crippen LogP) is -2.42. The molecule has 2 aromatic carbocycles. The maximum atomic E-state index is 13.3. The van der Waals surface area contributed by atoms with Crippen LogP contribution in [0, 0.1) is 0 Å². The number of carbonyl (C=O) groups is 3. The number of phenols is 4. The molecule has 16 nitrogen and oxygen atoms in total. The Morgan fingerprint density at radius 2 is 1.64 bits per heavy atom. The van der Waals surface area contributed by atoms with Crippen LogP contribution in [0.3, 0.4) is 0 Å². The molecule has 10 N–H and O–H groups in total. The van der Waals surface area contributed by atoms with E-state index < -0.39 is 65.3 Å². The Morgan fingerprint density at radius 3 is 2.24 bits per heavy atom. The van der Waals surface area contributed by atoms with E-state index >= 15 is 0 Å². The van der Waals surface area contributed by atoms with Gasteiger partial charge in [-0.25, -0.2) is 0 Å². The van der Waals surface area contributed by atoms with E-state index in [1.807, 2.05) is 4.90 Å². The second-order valence-electron chi connectivity index (χ2n) is 9.95. The summed E-state index contributed by atoms with van der Waals surface area (Å²) in [5.41, 5.74) is 0.674. The summed E-state index contributed by atoms with van der Waals surface area (Å²) in [6.07, 6.45) is -0.590. The number of fused-ring (bicyclic) bond motifs is 1. The van der Waals surface area contributed by atoms with E-state index in [1.165, 1.54) is 18.2 Å². The van der Waals surface area contributed by atoms with Gasteiger partial charge in [-0.1, -0.05) is 6.07 Å². The third-order valence-corrected chi connectivity index (χ3v) is 7.44. The molecule has 0 saturated carbocycles. The van der Waals surface area contributed by atoms with Crippen LogP contribution in [0.25, 0.3) is 0 Å². The lowest BCUT2D eigenvalue weighted by molar-refractivity contribution is -0.345. The molecule has 4 rings (SSSR count). The summed E-state index contributed by atoms with van der Waals surface area (Å²) in [5.74, 6) is -12.9. The zero-order chi connectivity index (χ0) is 31.0. The minimum absolute atomic E-state index is 0.00597. The number of hydrogen-bond donors (Lipinski definition) is 10. The molecule has 16 heteroatoms. The fourth-order valence-corrected chi connectivity index (χ4v) is 5.02. The quantitative estimate of drug-likeness (QED) is 0.0597. The number of anilines is 1. The van der Waals surface area contributed by atoms with Gasteiger partial charge in [-0.3, -0.25) is 19.3 Å². The minimum atomic E-state index is -3.82. The second-order valence-corrected chi connectivity index (χ2v) is 9.95. The SMILES string of the molecule is CNC(=O)C(N1Cc2c(NCc3c(O)c(O)c(O)c(O)c3CN3CCOCC3)cccc2C1=O)C(O)(O)C(O)(O)C=O. The number of aliphatic hydroxyl groups is 4. The summed E-state index contributed by atoms with van der Waals surface area (Å²) >= 11 is 0. The monoisotopic (exact) mass is 592 g/mol. The number of ether oxygens (including phenoxy) is 1. The van der Waals surface area contributed by atoms with Gasteiger partial charge in [0.05, 0.1) is 13.2 Å². The van der Waals surface area contributed by atoms with Crippen LogP contribution in [0.5, 0.6) is 23.0 Å². The van der Waals surface area contributed by atoms with Crippen LogP contribution in [-0.2, 0) is 34.0 Å². The molecule has 2 heterocycles. The standard InChI is InChI=1S/C26H32N4O12/c1-27-23(36)22(26(40,41)25(38,39)12-31)30-11-15-13(24(30)37)3-2-4-17(15)28-9-14-16(10-29-5-7-42-8-6-29)19(33)21(35)20(34)18(14)32/h2-4,12,22,28,32-35,38-41H,5-11H2,1H3,(H,27,36). The Morgan fingerprint density at radius 1 is 1.02 bits per heavy atom. The van der Waals surface area contributed by atoms with E-state index in [0.717, 1.165) is 7.05 Å². The summed E-state index contributed by atoms with van der Waals surface area (Å²) < 4.78 is 5.33. The van der Waals surface area contributed by atoms with Crippen molar-refractivity contribution in [3.63, 3.8) is 0 Å². The first-order valence-electron chi connectivity index (χ1n) is 12.8. The van der Waals surface area contributed by atoms with Gasteiger partial charge < -0.3 is 61.1 Å². The number of amides is 2. The molecule has 2 amide bonds. The van der Waals surface area contributed by atoms with Gasteiger partial charge in [-0.2, -0.15) is 0 Å². The summed E-state index contributed by atoms with van der Waals surface area (Å²) in [6.45, 7) is 1.30. The first-order chi connectivity index (χ1) is 19.8. The molecule has 1 atom stereocenters. The van der Waals surface area contributed by atoms with Crippen molar-refractivity contribution in [2.75, 3.05) is 38.7 Å². The van der Waals surface area contributed by atoms with Gasteiger partial charge in [-0.15, -0.1) is 0 Å². The number of morpholine rings is 1. The van der Waals surface area contributed by atoms with E-state index in [4.69, 9.17) is 4.74 Å². The molecule has 0 aromatic heterocycles. The number of phenolic OH excluding ortho intramolecular Hbond substituents is 4. The number of aldehydes is 1. The van der Waals surface area contributed by atoms with Gasteiger partial charge >= 0.3 is 0 Å². The van der Waals surface area contributed by atoms with Crippen molar-refractivity contribution in [1.29, 1.82) is 0 Å². The predicted molar refractivity (Wildman–Crippen MR) is 141 cm³/mol. The number of aromatic hydroxyl groups is 4. The van der Waals surface area contributed by atoms with E-state index in [-0.39, 0.29) is 41.0 Å². The molecular weight excluding hydrogens is 560 g/mol. The minimum Gasteiger partial charge on any atom is -0.504 e. The maximum Gasteiger partial charge on any atom is 0.279 e. The third-order valence-electron chi connectivity index (χ3n) is 7.44. The summed E-state index contributed by atoms with van der Waals surface area (Å²) in [7, 11) is 1.10. The number of carbonyl (C=O) groups excluding carboxylic acids is 3. The van der Waals surface area contributed by atoms with Crippen molar-refractivity contribution in [1.82, 2.24) is 15.1 Å². The number of hydrogen-bond acceptors (Lipinski definition) is 14. The van der Waals surface area contributed by atoms with Crippen molar-refractivity contribution >= 4 is 23.8 Å². The molecule has 0 bridgehead atoms. The topological polar surface area (TPSA) is 253 Å². The first kappa shape index (κ1) is 30.8. The summed E-state index contributed by atoms with van der Waals surface area (Å²) in [5, 5.41) is 87.5. The molecule has 0 radical (unpaired) electrons. The average Bonchev–Trinajstić information content (AvgIpc) is 3.30. The highest BCUT2D eigenvalue weighted by Crippen LogP contribution is 2.48. The van der Waals surface area contributed by atoms with Crippen molar-refractivity contribution in [3.8, 4) is 23.0 Å². The number of benzene rings is 2. The largest absolute Gasteiger partial charge is 0.504 e. The molecule has 2 aromatic rings. The molecule has 0 spiro atoms. The fourth-order valence-electron chi connectivity index (χ4n) is 5.02. The van der Waals surface area contributed by atoms with E-state index in [0.29, 0.717) is 31.2 Å². The first-order valence-corrected chi connectivity index (χ1v) is 12.8. The van der Waals surface area contributed by atoms with Gasteiger partial charge in [0.1, 0.15) is 0 Å². The summed E-state index contributed by atoms with van der Waals surface area (Å²) in [6, 6.07) is 2.04. The lowest BCUT2D eigenvalue weighted by atomic mass is 9.96. The van der Waals surface area contributed by atoms with Crippen LogP contribution >= 0.6 is 0 Å². The van der Waals surface area contributed by atoms with Gasteiger partial charge in [0.15, 0.2) is 23.8 Å². The molecule has 2 aliphatic heterocycles. The second kappa shape index (κ2) is 11.6. The average molecular weight is 593 g/mol. The van der Waals surface area contributed by atoms with Crippen molar-refractivity contribution in [2.45, 2.75) is 37.3 Å². The summed E-state index contributed by atoms with van der Waals surface area (Å²) in [4.78, 5) is 39.7. The van der Waals surface area contributed by atoms with Crippen LogP contribution in [0.4, 0.5) is 5.69 Å². The molecular formula is C26H32N4O12. The van der Waals surface area contributed by atoms with Crippen molar-refractivity contribution in [2.24, 2.45) is 0 Å². The molecule has 42 heavy (non-hydrogen) atoms. The zero-order valence-electron chi connectivity index (χ0n) is 22.4. The van der Waals surface area contributed by atoms with Gasteiger partial charge in [0.2, 0.25) is 17.4 Å². The van der Waals surface area contributed by atoms with Crippen molar-refractivity contribution < 1.29 is 60.0 Å². The van der Waals surface area contributed by atoms with Crippen molar-refractivity contribution in [3.05, 3.63) is 40.5 Å². The van der Waals surface area contributed by atoms with Gasteiger partial charge in [-0.05, 0) is 12.1 Å². The molecule has 0 aliphatic carbocycles. The van der Waals surface area contributed by atoms with Crippen LogP contribution in [0.1, 0.15) is 27.0 Å².